The largest absolute Gasteiger partial charge is 0.215 e. The highest BCUT2D eigenvalue weighted by Crippen LogP contribution is 2.43. The monoisotopic (exact) mass is 196 g/mol. The molecule has 1 aliphatic carbocycles. The first-order valence-electron chi connectivity index (χ1n) is 4.91. The molecule has 0 atom stereocenters. The Morgan fingerprint density at radius 2 is 1.07 bits per heavy atom. The van der Waals surface area contributed by atoms with Crippen LogP contribution in [0.1, 0.15) is 11.1 Å². The van der Waals surface area contributed by atoms with E-state index >= 15 is 0 Å². The van der Waals surface area contributed by atoms with Gasteiger partial charge in [0.1, 0.15) is 0 Å². The fraction of sp³-hybridized carbons (Fsp3) is 0. The first kappa shape index (κ1) is 8.42. The van der Waals surface area contributed by atoms with Crippen molar-refractivity contribution >= 4 is 5.57 Å². The maximum atomic E-state index is 12.9. The predicted molar refractivity (Wildman–Crippen MR) is 60.1 cm³/mol. The third-order valence-corrected chi connectivity index (χ3v) is 2.83. The van der Waals surface area contributed by atoms with E-state index in [1.807, 2.05) is 48.5 Å². The molecule has 0 unspecified atom stereocenters. The standard InChI is InChI=1S/C14H9F/c15-9-14-12-7-3-1-5-10(12)11-6-2-4-8-13(11)14/h1-9H. The van der Waals surface area contributed by atoms with E-state index in [9.17, 15) is 4.39 Å². The summed E-state index contributed by atoms with van der Waals surface area (Å²) in [7, 11) is 0. The van der Waals surface area contributed by atoms with Crippen molar-refractivity contribution in [2.75, 3.05) is 0 Å². The Hall–Kier alpha value is -1.89. The summed E-state index contributed by atoms with van der Waals surface area (Å²) in [6, 6.07) is 15.8. The van der Waals surface area contributed by atoms with Gasteiger partial charge in [-0.15, -0.1) is 0 Å². The van der Waals surface area contributed by atoms with Gasteiger partial charge in [0.25, 0.3) is 0 Å². The second-order valence-corrected chi connectivity index (χ2v) is 3.61. The minimum atomic E-state index is 0.696. The van der Waals surface area contributed by atoms with Crippen LogP contribution < -0.4 is 0 Å². The van der Waals surface area contributed by atoms with Crippen LogP contribution in [0.3, 0.4) is 0 Å². The Balaban J connectivity index is 2.41. The highest BCUT2D eigenvalue weighted by Gasteiger charge is 2.21. The zero-order valence-electron chi connectivity index (χ0n) is 8.07. The van der Waals surface area contributed by atoms with Crippen LogP contribution in [-0.2, 0) is 0 Å². The summed E-state index contributed by atoms with van der Waals surface area (Å²) in [6.07, 6.45) is 0.699. The Kier molecular flexibility index (Phi) is 1.72. The van der Waals surface area contributed by atoms with Crippen molar-refractivity contribution in [2.45, 2.75) is 0 Å². The van der Waals surface area contributed by atoms with Crippen LogP contribution >= 0.6 is 0 Å². The molecule has 0 radical (unpaired) electrons. The normalized spacial score (nSPS) is 12.2. The van der Waals surface area contributed by atoms with Crippen molar-refractivity contribution in [1.82, 2.24) is 0 Å². The van der Waals surface area contributed by atoms with Gasteiger partial charge in [-0.05, 0) is 22.3 Å². The molecule has 72 valence electrons. The predicted octanol–water partition coefficient (Wildman–Crippen LogP) is 4.03. The SMILES string of the molecule is FC=C1c2ccccc2-c2ccccc21. The van der Waals surface area contributed by atoms with Gasteiger partial charge in [-0.3, -0.25) is 0 Å². The molecule has 0 saturated heterocycles. The van der Waals surface area contributed by atoms with Crippen LogP contribution in [0.5, 0.6) is 0 Å². The van der Waals surface area contributed by atoms with E-state index in [0.717, 1.165) is 22.3 Å². The molecule has 0 bridgehead atoms. The minimum absolute atomic E-state index is 0.696. The topological polar surface area (TPSA) is 0 Å². The molecule has 15 heavy (non-hydrogen) atoms. The molecule has 0 N–H and O–H groups in total. The summed E-state index contributed by atoms with van der Waals surface area (Å²) in [6.45, 7) is 0. The lowest BCUT2D eigenvalue weighted by Gasteiger charge is -1.97. The summed E-state index contributed by atoms with van der Waals surface area (Å²) in [5.41, 5.74) is 4.91. The van der Waals surface area contributed by atoms with Gasteiger partial charge >= 0.3 is 0 Å². The molecule has 0 spiro atoms. The number of benzene rings is 2. The van der Waals surface area contributed by atoms with Crippen molar-refractivity contribution in [3.8, 4) is 11.1 Å². The minimum Gasteiger partial charge on any atom is -0.215 e. The van der Waals surface area contributed by atoms with Crippen LogP contribution in [0.4, 0.5) is 4.39 Å². The Morgan fingerprint density at radius 1 is 0.667 bits per heavy atom. The van der Waals surface area contributed by atoms with Gasteiger partial charge in [-0.2, -0.15) is 0 Å². The molecule has 0 saturated carbocycles. The molecular formula is C14H9F. The van der Waals surface area contributed by atoms with E-state index in [-0.39, 0.29) is 0 Å². The quantitative estimate of drug-likeness (QED) is 0.509. The number of hydrogen-bond acceptors (Lipinski definition) is 0. The van der Waals surface area contributed by atoms with Gasteiger partial charge in [-0.1, -0.05) is 48.5 Å². The van der Waals surface area contributed by atoms with Crippen molar-refractivity contribution in [3.63, 3.8) is 0 Å². The smallest absolute Gasteiger partial charge is 0.0951 e. The molecular weight excluding hydrogens is 187 g/mol. The summed E-state index contributed by atoms with van der Waals surface area (Å²) in [5, 5.41) is 0. The first-order chi connectivity index (χ1) is 7.42. The van der Waals surface area contributed by atoms with Gasteiger partial charge in [-0.25, -0.2) is 4.39 Å². The lowest BCUT2D eigenvalue weighted by Crippen LogP contribution is -1.77. The van der Waals surface area contributed by atoms with E-state index in [1.165, 1.54) is 0 Å². The molecule has 0 fully saturated rings. The lowest BCUT2D eigenvalue weighted by atomic mass is 10.1. The van der Waals surface area contributed by atoms with E-state index in [0.29, 0.717) is 11.9 Å². The average molecular weight is 196 g/mol. The van der Waals surface area contributed by atoms with Gasteiger partial charge < -0.3 is 0 Å². The number of fused-ring (bicyclic) bond motifs is 3. The molecule has 2 aromatic rings. The Labute approximate surface area is 87.7 Å². The zero-order chi connectivity index (χ0) is 10.3. The fourth-order valence-electron chi connectivity index (χ4n) is 2.17. The highest BCUT2D eigenvalue weighted by atomic mass is 19.1. The lowest BCUT2D eigenvalue weighted by molar-refractivity contribution is 0.724. The van der Waals surface area contributed by atoms with Crippen LogP contribution in [0.2, 0.25) is 0 Å². The van der Waals surface area contributed by atoms with E-state index in [4.69, 9.17) is 0 Å². The molecule has 0 heterocycles. The van der Waals surface area contributed by atoms with Crippen molar-refractivity contribution < 1.29 is 4.39 Å². The van der Waals surface area contributed by atoms with E-state index in [1.54, 1.807) is 0 Å². The van der Waals surface area contributed by atoms with Crippen molar-refractivity contribution in [3.05, 3.63) is 66.0 Å². The molecule has 3 rings (SSSR count). The van der Waals surface area contributed by atoms with Crippen molar-refractivity contribution in [2.24, 2.45) is 0 Å². The number of halogens is 1. The average Bonchev–Trinajstić information content (AvgIpc) is 2.63. The van der Waals surface area contributed by atoms with Gasteiger partial charge in [0, 0.05) is 5.57 Å². The summed E-state index contributed by atoms with van der Waals surface area (Å²) in [4.78, 5) is 0. The maximum Gasteiger partial charge on any atom is 0.0951 e. The third kappa shape index (κ3) is 1.06. The van der Waals surface area contributed by atoms with E-state index < -0.39 is 0 Å². The highest BCUT2D eigenvalue weighted by molar-refractivity contribution is 6.00. The Bertz CT molecular complexity index is 505. The molecule has 1 heteroatoms. The second kappa shape index (κ2) is 3.06. The molecule has 0 aliphatic heterocycles. The fourth-order valence-corrected chi connectivity index (χ4v) is 2.17. The molecule has 1 aliphatic rings. The van der Waals surface area contributed by atoms with Gasteiger partial charge in [0.15, 0.2) is 0 Å². The Morgan fingerprint density at radius 3 is 1.47 bits per heavy atom. The maximum absolute atomic E-state index is 12.9. The van der Waals surface area contributed by atoms with Crippen LogP contribution in [0, 0.1) is 0 Å². The third-order valence-electron chi connectivity index (χ3n) is 2.83. The number of rotatable bonds is 0. The van der Waals surface area contributed by atoms with Gasteiger partial charge in [0.2, 0.25) is 0 Å². The molecule has 0 aromatic heterocycles. The van der Waals surface area contributed by atoms with Crippen molar-refractivity contribution in [1.29, 1.82) is 0 Å². The molecule has 0 amide bonds. The zero-order valence-corrected chi connectivity index (χ0v) is 8.07. The van der Waals surface area contributed by atoms with E-state index in [2.05, 4.69) is 0 Å². The second-order valence-electron chi connectivity index (χ2n) is 3.61. The summed E-state index contributed by atoms with van der Waals surface area (Å²) >= 11 is 0. The first-order valence-corrected chi connectivity index (χ1v) is 4.91. The summed E-state index contributed by atoms with van der Waals surface area (Å²) < 4.78 is 12.9. The summed E-state index contributed by atoms with van der Waals surface area (Å²) in [5.74, 6) is 0. The van der Waals surface area contributed by atoms with Crippen LogP contribution in [0.15, 0.2) is 54.9 Å². The number of hydrogen-bond donors (Lipinski definition) is 0. The van der Waals surface area contributed by atoms with Gasteiger partial charge in [0.05, 0.1) is 6.33 Å². The van der Waals surface area contributed by atoms with Crippen LogP contribution in [0.25, 0.3) is 16.7 Å². The molecule has 0 nitrogen and oxygen atoms in total. The molecule has 2 aromatic carbocycles. The van der Waals surface area contributed by atoms with Crippen LogP contribution in [-0.4, -0.2) is 0 Å².